The van der Waals surface area contributed by atoms with E-state index in [0.29, 0.717) is 17.9 Å². The first-order valence-corrected chi connectivity index (χ1v) is 7.18. The zero-order chi connectivity index (χ0) is 14.8. The first-order chi connectivity index (χ1) is 9.57. The minimum absolute atomic E-state index is 0.0821. The summed E-state index contributed by atoms with van der Waals surface area (Å²) >= 11 is 0. The smallest absolute Gasteiger partial charge is 0.128 e. The van der Waals surface area contributed by atoms with Crippen LogP contribution in [0, 0.1) is 0 Å². The molecule has 1 aromatic carbocycles. The summed E-state index contributed by atoms with van der Waals surface area (Å²) in [4.78, 5) is 0. The summed E-state index contributed by atoms with van der Waals surface area (Å²) < 4.78 is 24.6. The van der Waals surface area contributed by atoms with E-state index < -0.39 is 6.17 Å². The number of benzene rings is 1. The number of ether oxygens (including phenoxy) is 2. The van der Waals surface area contributed by atoms with Gasteiger partial charge in [-0.05, 0) is 25.8 Å². The van der Waals surface area contributed by atoms with Crippen molar-refractivity contribution in [3.63, 3.8) is 0 Å². The molecule has 0 heterocycles. The average molecular weight is 281 g/mol. The predicted octanol–water partition coefficient (Wildman–Crippen LogP) is 3.50. The van der Waals surface area contributed by atoms with E-state index >= 15 is 0 Å². The molecule has 0 spiro atoms. The van der Waals surface area contributed by atoms with Crippen LogP contribution in [-0.4, -0.2) is 20.8 Å². The summed E-state index contributed by atoms with van der Waals surface area (Å²) in [6.07, 6.45) is 3.31. The summed E-state index contributed by atoms with van der Waals surface area (Å²) in [6, 6.07) is 3.68. The van der Waals surface area contributed by atoms with Gasteiger partial charge in [0, 0.05) is 29.2 Å². The first-order valence-electron chi connectivity index (χ1n) is 7.18. The molecule has 1 aliphatic carbocycles. The van der Waals surface area contributed by atoms with Crippen molar-refractivity contribution < 1.29 is 13.9 Å². The molecular formula is C16H24FNO2. The molecule has 0 radical (unpaired) electrons. The van der Waals surface area contributed by atoms with Crippen molar-refractivity contribution in [2.24, 2.45) is 5.73 Å². The molecule has 2 rings (SSSR count). The maximum Gasteiger partial charge on any atom is 0.128 e. The van der Waals surface area contributed by atoms with Gasteiger partial charge in [-0.1, -0.05) is 12.8 Å². The molecule has 0 bridgehead atoms. The molecule has 112 valence electrons. The van der Waals surface area contributed by atoms with Crippen LogP contribution in [0.3, 0.4) is 0 Å². The van der Waals surface area contributed by atoms with Crippen LogP contribution in [0.25, 0.3) is 0 Å². The summed E-state index contributed by atoms with van der Waals surface area (Å²) in [7, 11) is 3.19. The average Bonchev–Trinajstić information content (AvgIpc) is 2.95. The van der Waals surface area contributed by atoms with Gasteiger partial charge in [0.05, 0.1) is 14.2 Å². The van der Waals surface area contributed by atoms with Crippen molar-refractivity contribution in [2.75, 3.05) is 20.8 Å². The third-order valence-corrected chi connectivity index (χ3v) is 4.50. The van der Waals surface area contributed by atoms with Crippen LogP contribution in [0.4, 0.5) is 4.39 Å². The van der Waals surface area contributed by atoms with Crippen LogP contribution in [0.1, 0.15) is 49.9 Å². The van der Waals surface area contributed by atoms with E-state index in [-0.39, 0.29) is 5.41 Å². The van der Waals surface area contributed by atoms with E-state index in [9.17, 15) is 4.39 Å². The Labute approximate surface area is 120 Å². The Morgan fingerprint density at radius 3 is 2.25 bits per heavy atom. The number of halogens is 1. The second-order valence-electron chi connectivity index (χ2n) is 5.60. The van der Waals surface area contributed by atoms with Gasteiger partial charge in [-0.3, -0.25) is 0 Å². The molecule has 1 aliphatic rings. The van der Waals surface area contributed by atoms with E-state index in [2.05, 4.69) is 0 Å². The highest BCUT2D eigenvalue weighted by molar-refractivity contribution is 5.51. The van der Waals surface area contributed by atoms with Crippen molar-refractivity contribution in [1.82, 2.24) is 0 Å². The molecule has 3 nitrogen and oxygen atoms in total. The molecule has 20 heavy (non-hydrogen) atoms. The van der Waals surface area contributed by atoms with E-state index in [0.717, 1.165) is 37.0 Å². The van der Waals surface area contributed by atoms with Gasteiger partial charge in [-0.2, -0.15) is 0 Å². The molecule has 4 heteroatoms. The monoisotopic (exact) mass is 281 g/mol. The zero-order valence-electron chi connectivity index (χ0n) is 12.5. The van der Waals surface area contributed by atoms with Crippen LogP contribution in [0.15, 0.2) is 12.1 Å². The number of alkyl halides is 1. The topological polar surface area (TPSA) is 44.5 Å². The van der Waals surface area contributed by atoms with Crippen molar-refractivity contribution in [3.05, 3.63) is 23.3 Å². The Kier molecular flexibility index (Phi) is 4.53. The fourth-order valence-electron chi connectivity index (χ4n) is 3.28. The van der Waals surface area contributed by atoms with Crippen LogP contribution >= 0.6 is 0 Å². The van der Waals surface area contributed by atoms with E-state index in [1.807, 2.05) is 6.07 Å². The van der Waals surface area contributed by atoms with Gasteiger partial charge in [0.1, 0.15) is 17.7 Å². The highest BCUT2D eigenvalue weighted by atomic mass is 19.1. The molecule has 1 fully saturated rings. The maximum atomic E-state index is 13.9. The Balaban J connectivity index is 2.58. The molecular weight excluding hydrogens is 257 g/mol. The normalized spacial score (nSPS) is 18.9. The molecule has 0 aliphatic heterocycles. The van der Waals surface area contributed by atoms with Crippen LogP contribution in [0.5, 0.6) is 11.5 Å². The van der Waals surface area contributed by atoms with Crippen LogP contribution < -0.4 is 15.2 Å². The van der Waals surface area contributed by atoms with Crippen LogP contribution in [-0.2, 0) is 5.41 Å². The lowest BCUT2D eigenvalue weighted by Crippen LogP contribution is -2.32. The first kappa shape index (κ1) is 15.1. The van der Waals surface area contributed by atoms with Gasteiger partial charge >= 0.3 is 0 Å². The Morgan fingerprint density at radius 1 is 1.20 bits per heavy atom. The minimum atomic E-state index is -1.08. The Morgan fingerprint density at radius 2 is 1.80 bits per heavy atom. The number of hydrogen-bond donors (Lipinski definition) is 1. The van der Waals surface area contributed by atoms with Gasteiger partial charge in [0.2, 0.25) is 0 Å². The third kappa shape index (κ3) is 2.49. The molecule has 1 atom stereocenters. The lowest BCUT2D eigenvalue weighted by atomic mass is 9.77. The summed E-state index contributed by atoms with van der Waals surface area (Å²) in [5.41, 5.74) is 7.56. The summed E-state index contributed by atoms with van der Waals surface area (Å²) in [5, 5.41) is 0. The molecule has 1 unspecified atom stereocenters. The largest absolute Gasteiger partial charge is 0.496 e. The lowest BCUT2D eigenvalue weighted by molar-refractivity contribution is 0.336. The Hall–Kier alpha value is -1.29. The van der Waals surface area contributed by atoms with Crippen molar-refractivity contribution in [1.29, 1.82) is 0 Å². The van der Waals surface area contributed by atoms with Crippen LogP contribution in [0.2, 0.25) is 0 Å². The molecule has 0 aromatic heterocycles. The second kappa shape index (κ2) is 6.00. The number of methoxy groups -OCH3 is 2. The number of hydrogen-bond acceptors (Lipinski definition) is 3. The third-order valence-electron chi connectivity index (χ3n) is 4.50. The van der Waals surface area contributed by atoms with Gasteiger partial charge in [-0.15, -0.1) is 0 Å². The van der Waals surface area contributed by atoms with Gasteiger partial charge in [0.15, 0.2) is 0 Å². The molecule has 2 N–H and O–H groups in total. The fourth-order valence-corrected chi connectivity index (χ4v) is 3.28. The molecule has 1 aromatic rings. The maximum absolute atomic E-state index is 13.9. The predicted molar refractivity (Wildman–Crippen MR) is 78.3 cm³/mol. The van der Waals surface area contributed by atoms with E-state index in [1.54, 1.807) is 20.3 Å². The highest BCUT2D eigenvalue weighted by Crippen LogP contribution is 2.47. The summed E-state index contributed by atoms with van der Waals surface area (Å²) in [6.45, 7) is 2.09. The van der Waals surface area contributed by atoms with Gasteiger partial charge in [0.25, 0.3) is 0 Å². The van der Waals surface area contributed by atoms with Gasteiger partial charge in [-0.25, -0.2) is 4.39 Å². The molecule has 1 saturated carbocycles. The standard InChI is InChI=1S/C16H24FNO2/c1-11(17)12-8-13(15(20-3)9-14(12)19-2)16(10-18)6-4-5-7-16/h8-9,11H,4-7,10,18H2,1-3H3. The number of rotatable bonds is 5. The van der Waals surface area contributed by atoms with E-state index in [4.69, 9.17) is 15.2 Å². The Bertz CT molecular complexity index is 468. The van der Waals surface area contributed by atoms with Crippen molar-refractivity contribution >= 4 is 0 Å². The molecule has 0 amide bonds. The molecule has 0 saturated heterocycles. The quantitative estimate of drug-likeness (QED) is 0.898. The van der Waals surface area contributed by atoms with Gasteiger partial charge < -0.3 is 15.2 Å². The zero-order valence-corrected chi connectivity index (χ0v) is 12.5. The van der Waals surface area contributed by atoms with Crippen molar-refractivity contribution in [3.8, 4) is 11.5 Å². The second-order valence-corrected chi connectivity index (χ2v) is 5.60. The van der Waals surface area contributed by atoms with Crippen molar-refractivity contribution in [2.45, 2.75) is 44.2 Å². The fraction of sp³-hybridized carbons (Fsp3) is 0.625. The number of nitrogens with two attached hydrogens (primary N) is 1. The lowest BCUT2D eigenvalue weighted by Gasteiger charge is -2.30. The van der Waals surface area contributed by atoms with E-state index in [1.165, 1.54) is 6.92 Å². The SMILES string of the molecule is COc1cc(OC)c(C2(CN)CCCC2)cc1C(C)F. The summed E-state index contributed by atoms with van der Waals surface area (Å²) in [5.74, 6) is 1.28. The minimum Gasteiger partial charge on any atom is -0.496 e. The highest BCUT2D eigenvalue weighted by Gasteiger charge is 2.37.